The van der Waals surface area contributed by atoms with Crippen LogP contribution in [-0.2, 0) is 6.54 Å². The van der Waals surface area contributed by atoms with Crippen LogP contribution in [0.5, 0.6) is 0 Å². The van der Waals surface area contributed by atoms with Gasteiger partial charge < -0.3 is 0 Å². The van der Waals surface area contributed by atoms with Crippen LogP contribution < -0.4 is 0 Å². The Morgan fingerprint density at radius 2 is 1.93 bits per heavy atom. The first-order chi connectivity index (χ1) is 6.77. The Hall–Kier alpha value is -1.62. The SMILES string of the molecule is O=C1N=NC(=S)N1Cc1ccccc1. The number of hydrogen-bond donors (Lipinski definition) is 0. The molecule has 1 heterocycles. The summed E-state index contributed by atoms with van der Waals surface area (Å²) in [6.07, 6.45) is 0. The molecular formula is C9H7N3OS. The van der Waals surface area contributed by atoms with E-state index in [1.807, 2.05) is 30.3 Å². The van der Waals surface area contributed by atoms with Gasteiger partial charge in [-0.3, -0.25) is 4.90 Å². The summed E-state index contributed by atoms with van der Waals surface area (Å²) in [4.78, 5) is 12.5. The van der Waals surface area contributed by atoms with Gasteiger partial charge in [-0.15, -0.1) is 5.11 Å². The number of rotatable bonds is 2. The maximum absolute atomic E-state index is 11.2. The van der Waals surface area contributed by atoms with E-state index in [0.717, 1.165) is 5.56 Å². The van der Waals surface area contributed by atoms with E-state index in [0.29, 0.717) is 6.54 Å². The highest BCUT2D eigenvalue weighted by Gasteiger charge is 2.23. The lowest BCUT2D eigenvalue weighted by Gasteiger charge is -2.11. The van der Waals surface area contributed by atoms with Crippen molar-refractivity contribution in [1.82, 2.24) is 4.90 Å². The third-order valence-electron chi connectivity index (χ3n) is 1.87. The zero-order chi connectivity index (χ0) is 9.97. The lowest BCUT2D eigenvalue weighted by molar-refractivity contribution is 0.232. The topological polar surface area (TPSA) is 45.0 Å². The zero-order valence-electron chi connectivity index (χ0n) is 7.25. The third-order valence-corrected chi connectivity index (χ3v) is 2.17. The molecule has 0 bridgehead atoms. The summed E-state index contributed by atoms with van der Waals surface area (Å²) in [5, 5.41) is 7.13. The van der Waals surface area contributed by atoms with Crippen molar-refractivity contribution in [3.8, 4) is 0 Å². The minimum absolute atomic E-state index is 0.235. The van der Waals surface area contributed by atoms with Crippen LogP contribution >= 0.6 is 12.2 Å². The molecule has 0 saturated carbocycles. The van der Waals surface area contributed by atoms with Gasteiger partial charge in [0.05, 0.1) is 6.54 Å². The monoisotopic (exact) mass is 205 g/mol. The maximum Gasteiger partial charge on any atom is 0.368 e. The summed E-state index contributed by atoms with van der Waals surface area (Å²) in [5.74, 6) is 0. The Morgan fingerprint density at radius 3 is 2.50 bits per heavy atom. The molecule has 2 rings (SSSR count). The molecule has 1 aliphatic rings. The van der Waals surface area contributed by atoms with Crippen molar-refractivity contribution in [2.75, 3.05) is 0 Å². The number of carbonyl (C=O) groups excluding carboxylic acids is 1. The van der Waals surface area contributed by atoms with E-state index in [9.17, 15) is 4.79 Å². The van der Waals surface area contributed by atoms with Gasteiger partial charge in [-0.1, -0.05) is 35.4 Å². The molecular weight excluding hydrogens is 198 g/mol. The fourth-order valence-corrected chi connectivity index (χ4v) is 1.36. The molecule has 0 N–H and O–H groups in total. The van der Waals surface area contributed by atoms with Crippen LogP contribution in [0.15, 0.2) is 40.6 Å². The van der Waals surface area contributed by atoms with Gasteiger partial charge >= 0.3 is 6.03 Å². The van der Waals surface area contributed by atoms with Crippen molar-refractivity contribution in [3.63, 3.8) is 0 Å². The van der Waals surface area contributed by atoms with Crippen LogP contribution in [0, 0.1) is 0 Å². The molecule has 2 amide bonds. The number of azo groups is 1. The Bertz CT molecular complexity index is 384. The molecule has 0 unspecified atom stereocenters. The van der Waals surface area contributed by atoms with Crippen LogP contribution in [0.4, 0.5) is 4.79 Å². The van der Waals surface area contributed by atoms with Gasteiger partial charge in [0.1, 0.15) is 0 Å². The summed E-state index contributed by atoms with van der Waals surface area (Å²) in [5.41, 5.74) is 1.01. The predicted octanol–water partition coefficient (Wildman–Crippen LogP) is 2.36. The molecule has 0 aliphatic carbocycles. The lowest BCUT2D eigenvalue weighted by atomic mass is 10.2. The number of hydrogen-bond acceptors (Lipinski definition) is 2. The van der Waals surface area contributed by atoms with Crippen LogP contribution in [0.3, 0.4) is 0 Å². The van der Waals surface area contributed by atoms with Crippen LogP contribution in [0.25, 0.3) is 0 Å². The molecule has 14 heavy (non-hydrogen) atoms. The van der Waals surface area contributed by atoms with E-state index in [-0.39, 0.29) is 11.1 Å². The van der Waals surface area contributed by atoms with E-state index >= 15 is 0 Å². The highest BCUT2D eigenvalue weighted by molar-refractivity contribution is 7.80. The normalized spacial score (nSPS) is 15.3. The fraction of sp³-hybridized carbons (Fsp3) is 0.111. The van der Waals surface area contributed by atoms with Gasteiger partial charge in [0.25, 0.3) is 0 Å². The molecule has 1 aromatic carbocycles. The molecule has 0 atom stereocenters. The van der Waals surface area contributed by atoms with Crippen molar-refractivity contribution in [2.24, 2.45) is 10.2 Å². The summed E-state index contributed by atoms with van der Waals surface area (Å²) < 4.78 is 0. The summed E-state index contributed by atoms with van der Waals surface area (Å²) in [6, 6.07) is 9.20. The zero-order valence-corrected chi connectivity index (χ0v) is 8.07. The Labute approximate surface area is 86.2 Å². The van der Waals surface area contributed by atoms with Crippen molar-refractivity contribution < 1.29 is 4.79 Å². The smallest absolute Gasteiger partial charge is 0.260 e. The van der Waals surface area contributed by atoms with Crippen molar-refractivity contribution in [1.29, 1.82) is 0 Å². The maximum atomic E-state index is 11.2. The molecule has 70 valence electrons. The largest absolute Gasteiger partial charge is 0.368 e. The average Bonchev–Trinajstić information content (AvgIpc) is 2.51. The fourth-order valence-electron chi connectivity index (χ4n) is 1.18. The molecule has 0 radical (unpaired) electrons. The second kappa shape index (κ2) is 3.63. The molecule has 0 saturated heterocycles. The van der Waals surface area contributed by atoms with Crippen LogP contribution in [0.2, 0.25) is 0 Å². The third kappa shape index (κ3) is 1.67. The number of urea groups is 1. The predicted molar refractivity (Wildman–Crippen MR) is 54.8 cm³/mol. The molecule has 4 nitrogen and oxygen atoms in total. The Balaban J connectivity index is 2.13. The number of thiocarbonyl (C=S) groups is 1. The summed E-state index contributed by atoms with van der Waals surface area (Å²) in [6.45, 7) is 0.436. The van der Waals surface area contributed by atoms with E-state index in [4.69, 9.17) is 12.2 Å². The molecule has 1 aromatic rings. The molecule has 5 heteroatoms. The highest BCUT2D eigenvalue weighted by atomic mass is 32.1. The molecule has 0 spiro atoms. The second-order valence-corrected chi connectivity index (χ2v) is 3.20. The number of nitrogens with zero attached hydrogens (tertiary/aromatic N) is 3. The Kier molecular flexibility index (Phi) is 2.32. The standard InChI is InChI=1S/C9H7N3OS/c13-8-10-11-9(14)12(8)6-7-4-2-1-3-5-7/h1-5H,6H2. The van der Waals surface area contributed by atoms with Crippen LogP contribution in [-0.4, -0.2) is 16.0 Å². The van der Waals surface area contributed by atoms with E-state index in [1.165, 1.54) is 4.90 Å². The van der Waals surface area contributed by atoms with Crippen molar-refractivity contribution in [2.45, 2.75) is 6.54 Å². The minimum Gasteiger partial charge on any atom is -0.260 e. The average molecular weight is 205 g/mol. The molecule has 1 aliphatic heterocycles. The lowest BCUT2D eigenvalue weighted by Crippen LogP contribution is -2.26. The number of amides is 2. The first-order valence-electron chi connectivity index (χ1n) is 4.08. The van der Waals surface area contributed by atoms with Gasteiger partial charge in [-0.2, -0.15) is 0 Å². The van der Waals surface area contributed by atoms with E-state index in [2.05, 4.69) is 10.2 Å². The number of benzene rings is 1. The van der Waals surface area contributed by atoms with Gasteiger partial charge in [0.2, 0.25) is 5.11 Å². The summed E-state index contributed by atoms with van der Waals surface area (Å²) >= 11 is 4.86. The van der Waals surface area contributed by atoms with Crippen molar-refractivity contribution in [3.05, 3.63) is 35.9 Å². The first-order valence-corrected chi connectivity index (χ1v) is 4.49. The van der Waals surface area contributed by atoms with E-state index in [1.54, 1.807) is 0 Å². The quantitative estimate of drug-likeness (QED) is 0.696. The minimum atomic E-state index is -0.390. The van der Waals surface area contributed by atoms with Gasteiger partial charge in [0.15, 0.2) is 0 Å². The van der Waals surface area contributed by atoms with Crippen LogP contribution in [0.1, 0.15) is 5.56 Å². The van der Waals surface area contributed by atoms with Crippen molar-refractivity contribution >= 4 is 23.4 Å². The van der Waals surface area contributed by atoms with Gasteiger partial charge in [0, 0.05) is 0 Å². The number of carbonyl (C=O) groups is 1. The molecule has 0 aromatic heterocycles. The van der Waals surface area contributed by atoms with E-state index < -0.39 is 0 Å². The molecule has 0 fully saturated rings. The second-order valence-electron chi connectivity index (χ2n) is 2.84. The first kappa shape index (κ1) is 8.96. The van der Waals surface area contributed by atoms with Gasteiger partial charge in [-0.25, -0.2) is 4.79 Å². The summed E-state index contributed by atoms with van der Waals surface area (Å²) in [7, 11) is 0. The highest BCUT2D eigenvalue weighted by Crippen LogP contribution is 2.12. The van der Waals surface area contributed by atoms with Gasteiger partial charge in [-0.05, 0) is 17.8 Å². The Morgan fingerprint density at radius 1 is 1.21 bits per heavy atom.